The molecule has 3 nitrogen and oxygen atoms in total. The molecule has 82 valence electrons. The molecule has 0 saturated heterocycles. The number of aliphatic hydroxyl groups is 1. The first-order valence-corrected chi connectivity index (χ1v) is 5.04. The summed E-state index contributed by atoms with van der Waals surface area (Å²) in [6, 6.07) is 4.99. The summed E-state index contributed by atoms with van der Waals surface area (Å²) >= 11 is 5.89. The fourth-order valence-corrected chi connectivity index (χ4v) is 1.29. The molecule has 0 saturated carbocycles. The number of rotatable bonds is 5. The Morgan fingerprint density at radius 1 is 1.60 bits per heavy atom. The average Bonchev–Trinajstić information content (AvgIpc) is 2.26. The van der Waals surface area contributed by atoms with Crippen LogP contribution < -0.4 is 4.74 Å². The van der Waals surface area contributed by atoms with Crippen LogP contribution in [0.25, 0.3) is 0 Å². The maximum Gasteiger partial charge on any atom is 0.153 e. The Bertz CT molecular complexity index is 339. The minimum atomic E-state index is 0.0146. The van der Waals surface area contributed by atoms with Gasteiger partial charge >= 0.3 is 0 Å². The minimum Gasteiger partial charge on any atom is -0.491 e. The van der Waals surface area contributed by atoms with Gasteiger partial charge in [0.05, 0.1) is 17.2 Å². The van der Waals surface area contributed by atoms with E-state index in [0.29, 0.717) is 29.2 Å². The van der Waals surface area contributed by atoms with Crippen molar-refractivity contribution in [3.63, 3.8) is 0 Å². The van der Waals surface area contributed by atoms with Crippen molar-refractivity contribution < 1.29 is 14.6 Å². The molecular weight excluding hydrogens is 216 g/mol. The highest BCUT2D eigenvalue weighted by Crippen LogP contribution is 2.27. The van der Waals surface area contributed by atoms with Gasteiger partial charge in [-0.2, -0.15) is 0 Å². The fraction of sp³-hybridized carbons (Fsp3) is 0.364. The number of carbonyl (C=O) groups is 1. The lowest BCUT2D eigenvalue weighted by molar-refractivity contribution is 0.111. The summed E-state index contributed by atoms with van der Waals surface area (Å²) < 4.78 is 5.39. The van der Waals surface area contributed by atoms with Gasteiger partial charge in [-0.15, -0.1) is 0 Å². The van der Waals surface area contributed by atoms with E-state index in [1.54, 1.807) is 18.2 Å². The van der Waals surface area contributed by atoms with E-state index in [-0.39, 0.29) is 12.5 Å². The lowest BCUT2D eigenvalue weighted by Crippen LogP contribution is -2.13. The van der Waals surface area contributed by atoms with Gasteiger partial charge in [-0.05, 0) is 12.1 Å². The van der Waals surface area contributed by atoms with Crippen LogP contribution in [0.15, 0.2) is 18.2 Å². The summed E-state index contributed by atoms with van der Waals surface area (Å²) in [4.78, 5) is 10.7. The van der Waals surface area contributed by atoms with E-state index in [4.69, 9.17) is 21.4 Å². The molecule has 0 aromatic heterocycles. The first kappa shape index (κ1) is 12.0. The van der Waals surface area contributed by atoms with Gasteiger partial charge in [0, 0.05) is 12.5 Å². The second-order valence-electron chi connectivity index (χ2n) is 3.37. The van der Waals surface area contributed by atoms with Gasteiger partial charge in [0.15, 0.2) is 6.29 Å². The third kappa shape index (κ3) is 3.22. The Morgan fingerprint density at radius 2 is 2.33 bits per heavy atom. The average molecular weight is 229 g/mol. The van der Waals surface area contributed by atoms with Crippen LogP contribution in [0, 0.1) is 5.92 Å². The lowest BCUT2D eigenvalue weighted by Gasteiger charge is -2.13. The van der Waals surface area contributed by atoms with Crippen molar-refractivity contribution in [2.45, 2.75) is 6.92 Å². The first-order valence-electron chi connectivity index (χ1n) is 4.66. The maximum atomic E-state index is 10.7. The zero-order valence-corrected chi connectivity index (χ0v) is 9.20. The molecule has 0 fully saturated rings. The van der Waals surface area contributed by atoms with Crippen molar-refractivity contribution >= 4 is 17.9 Å². The number of ether oxygens (including phenoxy) is 1. The second-order valence-corrected chi connectivity index (χ2v) is 3.78. The maximum absolute atomic E-state index is 10.7. The van der Waals surface area contributed by atoms with Crippen molar-refractivity contribution in [3.8, 4) is 5.75 Å². The van der Waals surface area contributed by atoms with Crippen LogP contribution in [0.5, 0.6) is 5.75 Å². The molecule has 4 heteroatoms. The summed E-state index contributed by atoms with van der Waals surface area (Å²) in [5.41, 5.74) is 0.424. The van der Waals surface area contributed by atoms with Crippen LogP contribution in [0.2, 0.25) is 5.02 Å². The Morgan fingerprint density at radius 3 is 2.93 bits per heavy atom. The van der Waals surface area contributed by atoms with Crippen molar-refractivity contribution in [1.29, 1.82) is 0 Å². The highest BCUT2D eigenvalue weighted by molar-refractivity contribution is 6.32. The van der Waals surface area contributed by atoms with Crippen molar-refractivity contribution in [2.75, 3.05) is 13.2 Å². The Balaban J connectivity index is 2.78. The van der Waals surface area contributed by atoms with Gasteiger partial charge in [0.2, 0.25) is 0 Å². The van der Waals surface area contributed by atoms with Crippen molar-refractivity contribution in [3.05, 3.63) is 28.8 Å². The molecule has 0 spiro atoms. The molecule has 1 rings (SSSR count). The predicted octanol–water partition coefficient (Wildman–Crippen LogP) is 2.16. The van der Waals surface area contributed by atoms with Gasteiger partial charge in [-0.1, -0.05) is 24.6 Å². The van der Waals surface area contributed by atoms with E-state index in [0.717, 1.165) is 0 Å². The topological polar surface area (TPSA) is 46.5 Å². The monoisotopic (exact) mass is 228 g/mol. The van der Waals surface area contributed by atoms with Crippen LogP contribution in [0.3, 0.4) is 0 Å². The molecule has 0 bridgehead atoms. The van der Waals surface area contributed by atoms with Gasteiger partial charge in [-0.25, -0.2) is 0 Å². The smallest absolute Gasteiger partial charge is 0.153 e. The molecule has 0 aliphatic heterocycles. The molecule has 15 heavy (non-hydrogen) atoms. The lowest BCUT2D eigenvalue weighted by atomic mass is 10.2. The van der Waals surface area contributed by atoms with Crippen LogP contribution in [0.4, 0.5) is 0 Å². The zero-order chi connectivity index (χ0) is 11.3. The van der Waals surface area contributed by atoms with E-state index < -0.39 is 0 Å². The number of para-hydroxylation sites is 1. The van der Waals surface area contributed by atoms with Gasteiger partial charge in [-0.3, -0.25) is 4.79 Å². The number of aldehydes is 1. The minimum absolute atomic E-state index is 0.0146. The molecule has 0 amide bonds. The quantitative estimate of drug-likeness (QED) is 0.786. The molecule has 0 aliphatic rings. The van der Waals surface area contributed by atoms with Gasteiger partial charge in [0.25, 0.3) is 0 Å². The summed E-state index contributed by atoms with van der Waals surface area (Å²) in [6.07, 6.45) is 0.699. The van der Waals surface area contributed by atoms with Crippen LogP contribution in [-0.2, 0) is 0 Å². The largest absolute Gasteiger partial charge is 0.491 e. The van der Waals surface area contributed by atoms with Crippen molar-refractivity contribution in [1.82, 2.24) is 0 Å². The molecular formula is C11H13ClO3. The summed E-state index contributed by atoms with van der Waals surface area (Å²) in [6.45, 7) is 2.22. The summed E-state index contributed by atoms with van der Waals surface area (Å²) in [5, 5.41) is 9.23. The summed E-state index contributed by atoms with van der Waals surface area (Å²) in [5.74, 6) is 0.398. The number of benzene rings is 1. The SMILES string of the molecule is CC(CO)COc1c(Cl)cccc1C=O. The predicted molar refractivity (Wildman–Crippen MR) is 58.6 cm³/mol. The highest BCUT2D eigenvalue weighted by Gasteiger charge is 2.09. The fourth-order valence-electron chi connectivity index (χ4n) is 1.05. The molecule has 1 aromatic carbocycles. The molecule has 0 radical (unpaired) electrons. The number of hydrogen-bond donors (Lipinski definition) is 1. The van der Waals surface area contributed by atoms with Crippen LogP contribution in [0.1, 0.15) is 17.3 Å². The van der Waals surface area contributed by atoms with E-state index >= 15 is 0 Å². The molecule has 0 heterocycles. The highest BCUT2D eigenvalue weighted by atomic mass is 35.5. The Kier molecular flexibility index (Phi) is 4.59. The van der Waals surface area contributed by atoms with Gasteiger partial charge in [0.1, 0.15) is 5.75 Å². The normalized spacial score (nSPS) is 12.2. The molecule has 1 unspecified atom stereocenters. The standard InChI is InChI=1S/C11H13ClO3/c1-8(5-13)7-15-11-9(6-14)3-2-4-10(11)12/h2-4,6,8,13H,5,7H2,1H3. The first-order chi connectivity index (χ1) is 7.19. The molecule has 1 N–H and O–H groups in total. The second kappa shape index (κ2) is 5.73. The molecule has 0 aliphatic carbocycles. The van der Waals surface area contributed by atoms with E-state index in [2.05, 4.69) is 0 Å². The number of halogens is 1. The van der Waals surface area contributed by atoms with Gasteiger partial charge < -0.3 is 9.84 Å². The van der Waals surface area contributed by atoms with E-state index in [1.165, 1.54) is 0 Å². The summed E-state index contributed by atoms with van der Waals surface area (Å²) in [7, 11) is 0. The third-order valence-electron chi connectivity index (χ3n) is 1.95. The van der Waals surface area contributed by atoms with Crippen molar-refractivity contribution in [2.24, 2.45) is 5.92 Å². The molecule has 1 atom stereocenters. The Labute approximate surface area is 93.6 Å². The van der Waals surface area contributed by atoms with E-state index in [9.17, 15) is 4.79 Å². The van der Waals surface area contributed by atoms with Crippen LogP contribution in [-0.4, -0.2) is 24.6 Å². The van der Waals surface area contributed by atoms with Crippen LogP contribution >= 0.6 is 11.6 Å². The number of hydrogen-bond acceptors (Lipinski definition) is 3. The van der Waals surface area contributed by atoms with E-state index in [1.807, 2.05) is 6.92 Å². The Hall–Kier alpha value is -1.06. The molecule has 1 aromatic rings. The third-order valence-corrected chi connectivity index (χ3v) is 2.25. The number of carbonyl (C=O) groups excluding carboxylic acids is 1. The number of aliphatic hydroxyl groups excluding tert-OH is 1. The zero-order valence-electron chi connectivity index (χ0n) is 8.44.